The third-order valence-corrected chi connectivity index (χ3v) is 4.71. The molecule has 1 aromatic heterocycles. The van der Waals surface area contributed by atoms with Crippen molar-refractivity contribution in [2.45, 2.75) is 33.5 Å². The van der Waals surface area contributed by atoms with Crippen molar-refractivity contribution in [3.8, 4) is 0 Å². The summed E-state index contributed by atoms with van der Waals surface area (Å²) < 4.78 is 1.98. The number of hydrogen-bond acceptors (Lipinski definition) is 3. The first-order valence-electron chi connectivity index (χ1n) is 8.78. The Morgan fingerprint density at radius 2 is 1.79 bits per heavy atom. The molecule has 1 aliphatic heterocycles. The highest BCUT2D eigenvalue weighted by molar-refractivity contribution is 5.22. The zero-order chi connectivity index (χ0) is 16.9. The molecule has 2 aromatic rings. The fraction of sp³-hybridized carbons (Fsp3) is 0.450. The molecular weight excluding hydrogens is 296 g/mol. The standard InChI is InChI=1S/C20H28N4/c1-4-8-24-16-20(18(3)21-24)15-23-11-9-22(10-12-23)14-19-7-5-6-17(2)13-19/h4-7,13,16H,1,8-12,14-15H2,2-3H3. The van der Waals surface area contributed by atoms with E-state index >= 15 is 0 Å². The summed E-state index contributed by atoms with van der Waals surface area (Å²) >= 11 is 0. The van der Waals surface area contributed by atoms with Crippen LogP contribution in [0.1, 0.15) is 22.4 Å². The molecule has 4 heteroatoms. The second-order valence-corrected chi connectivity index (χ2v) is 6.79. The van der Waals surface area contributed by atoms with Gasteiger partial charge in [0.15, 0.2) is 0 Å². The summed E-state index contributed by atoms with van der Waals surface area (Å²) in [5, 5.41) is 4.55. The maximum absolute atomic E-state index is 4.55. The highest BCUT2D eigenvalue weighted by Crippen LogP contribution is 2.14. The van der Waals surface area contributed by atoms with Crippen LogP contribution in [0.3, 0.4) is 0 Å². The van der Waals surface area contributed by atoms with Crippen LogP contribution in [0.5, 0.6) is 0 Å². The maximum atomic E-state index is 4.55. The van der Waals surface area contributed by atoms with E-state index in [1.165, 1.54) is 16.7 Å². The van der Waals surface area contributed by atoms with Gasteiger partial charge in [-0.15, -0.1) is 6.58 Å². The lowest BCUT2D eigenvalue weighted by molar-refractivity contribution is 0.122. The van der Waals surface area contributed by atoms with E-state index < -0.39 is 0 Å². The molecule has 128 valence electrons. The Hall–Kier alpha value is -1.91. The average molecular weight is 324 g/mol. The van der Waals surface area contributed by atoms with Crippen molar-refractivity contribution in [3.63, 3.8) is 0 Å². The van der Waals surface area contributed by atoms with Gasteiger partial charge in [0.1, 0.15) is 0 Å². The molecule has 3 rings (SSSR count). The molecule has 0 spiro atoms. The van der Waals surface area contributed by atoms with Crippen molar-refractivity contribution in [1.82, 2.24) is 19.6 Å². The van der Waals surface area contributed by atoms with Gasteiger partial charge < -0.3 is 0 Å². The first kappa shape index (κ1) is 16.9. The number of piperazine rings is 1. The number of allylic oxidation sites excluding steroid dienone is 1. The van der Waals surface area contributed by atoms with Gasteiger partial charge in [0, 0.05) is 51.0 Å². The lowest BCUT2D eigenvalue weighted by Gasteiger charge is -2.34. The van der Waals surface area contributed by atoms with Gasteiger partial charge in [0.2, 0.25) is 0 Å². The van der Waals surface area contributed by atoms with Crippen LogP contribution in [-0.4, -0.2) is 45.8 Å². The lowest BCUT2D eigenvalue weighted by atomic mass is 10.1. The fourth-order valence-corrected chi connectivity index (χ4v) is 3.36. The van der Waals surface area contributed by atoms with E-state index in [2.05, 4.69) is 65.8 Å². The molecule has 0 aliphatic carbocycles. The van der Waals surface area contributed by atoms with Crippen LogP contribution in [0.2, 0.25) is 0 Å². The van der Waals surface area contributed by atoms with E-state index in [4.69, 9.17) is 0 Å². The van der Waals surface area contributed by atoms with Crippen LogP contribution in [0.15, 0.2) is 43.1 Å². The summed E-state index contributed by atoms with van der Waals surface area (Å²) in [7, 11) is 0. The molecular formula is C20H28N4. The third-order valence-electron chi connectivity index (χ3n) is 4.71. The van der Waals surface area contributed by atoms with Gasteiger partial charge in [0.25, 0.3) is 0 Å². The molecule has 0 saturated carbocycles. The molecule has 0 unspecified atom stereocenters. The molecule has 0 radical (unpaired) electrons. The predicted octanol–water partition coefficient (Wildman–Crippen LogP) is 3.00. The Morgan fingerprint density at radius 3 is 2.46 bits per heavy atom. The highest BCUT2D eigenvalue weighted by atomic mass is 15.3. The number of rotatable bonds is 6. The second-order valence-electron chi connectivity index (χ2n) is 6.79. The van der Waals surface area contributed by atoms with Gasteiger partial charge in [-0.2, -0.15) is 5.10 Å². The van der Waals surface area contributed by atoms with Crippen molar-refractivity contribution in [2.24, 2.45) is 0 Å². The van der Waals surface area contributed by atoms with E-state index in [0.717, 1.165) is 51.5 Å². The second kappa shape index (κ2) is 7.77. The van der Waals surface area contributed by atoms with Crippen molar-refractivity contribution >= 4 is 0 Å². The molecule has 1 saturated heterocycles. The van der Waals surface area contributed by atoms with Gasteiger partial charge in [-0.3, -0.25) is 14.5 Å². The zero-order valence-corrected chi connectivity index (χ0v) is 14.9. The van der Waals surface area contributed by atoms with Crippen LogP contribution in [0.4, 0.5) is 0 Å². The summed E-state index contributed by atoms with van der Waals surface area (Å²) in [6.45, 7) is 15.4. The molecule has 2 heterocycles. The van der Waals surface area contributed by atoms with Crippen molar-refractivity contribution in [1.29, 1.82) is 0 Å². The Morgan fingerprint density at radius 1 is 1.08 bits per heavy atom. The number of nitrogens with zero attached hydrogens (tertiary/aromatic N) is 4. The van der Waals surface area contributed by atoms with Crippen molar-refractivity contribution in [2.75, 3.05) is 26.2 Å². The number of aromatic nitrogens is 2. The molecule has 1 aliphatic rings. The summed E-state index contributed by atoms with van der Waals surface area (Å²) in [5.41, 5.74) is 5.24. The van der Waals surface area contributed by atoms with Crippen LogP contribution < -0.4 is 0 Å². The summed E-state index contributed by atoms with van der Waals surface area (Å²) in [6.07, 6.45) is 4.05. The van der Waals surface area contributed by atoms with Crippen LogP contribution in [0, 0.1) is 13.8 Å². The average Bonchev–Trinajstić information content (AvgIpc) is 2.89. The first-order chi connectivity index (χ1) is 11.6. The van der Waals surface area contributed by atoms with Crippen LogP contribution in [-0.2, 0) is 19.6 Å². The normalized spacial score (nSPS) is 16.4. The quantitative estimate of drug-likeness (QED) is 0.764. The highest BCUT2D eigenvalue weighted by Gasteiger charge is 2.18. The van der Waals surface area contributed by atoms with Crippen LogP contribution in [0.25, 0.3) is 0 Å². The number of benzene rings is 1. The van der Waals surface area contributed by atoms with E-state index in [9.17, 15) is 0 Å². The Balaban J connectivity index is 1.51. The maximum Gasteiger partial charge on any atom is 0.0638 e. The minimum Gasteiger partial charge on any atom is -0.297 e. The van der Waals surface area contributed by atoms with E-state index in [0.29, 0.717) is 0 Å². The minimum absolute atomic E-state index is 0.783. The Kier molecular flexibility index (Phi) is 5.48. The monoisotopic (exact) mass is 324 g/mol. The minimum atomic E-state index is 0.783. The summed E-state index contributed by atoms with van der Waals surface area (Å²) in [4.78, 5) is 5.09. The molecule has 1 aromatic carbocycles. The molecule has 0 atom stereocenters. The zero-order valence-electron chi connectivity index (χ0n) is 14.9. The summed E-state index contributed by atoms with van der Waals surface area (Å²) in [6, 6.07) is 8.85. The molecule has 24 heavy (non-hydrogen) atoms. The van der Waals surface area contributed by atoms with Crippen LogP contribution >= 0.6 is 0 Å². The SMILES string of the molecule is C=CCn1cc(CN2CCN(Cc3cccc(C)c3)CC2)c(C)n1. The molecule has 0 amide bonds. The lowest BCUT2D eigenvalue weighted by Crippen LogP contribution is -2.45. The Labute approximate surface area is 145 Å². The first-order valence-corrected chi connectivity index (χ1v) is 8.78. The molecule has 4 nitrogen and oxygen atoms in total. The number of hydrogen-bond donors (Lipinski definition) is 0. The van der Waals surface area contributed by atoms with Crippen molar-refractivity contribution < 1.29 is 0 Å². The predicted molar refractivity (Wildman–Crippen MR) is 98.9 cm³/mol. The van der Waals surface area contributed by atoms with E-state index in [-0.39, 0.29) is 0 Å². The van der Waals surface area contributed by atoms with Gasteiger partial charge >= 0.3 is 0 Å². The largest absolute Gasteiger partial charge is 0.297 e. The molecule has 0 bridgehead atoms. The Bertz CT molecular complexity index is 681. The topological polar surface area (TPSA) is 24.3 Å². The van der Waals surface area contributed by atoms with E-state index in [1.54, 1.807) is 0 Å². The smallest absolute Gasteiger partial charge is 0.0638 e. The third kappa shape index (κ3) is 4.34. The van der Waals surface area contributed by atoms with Gasteiger partial charge in [-0.05, 0) is 19.4 Å². The van der Waals surface area contributed by atoms with E-state index in [1.807, 2.05) is 10.8 Å². The summed E-state index contributed by atoms with van der Waals surface area (Å²) in [5.74, 6) is 0. The number of aryl methyl sites for hydroxylation is 2. The molecule has 0 N–H and O–H groups in total. The van der Waals surface area contributed by atoms with Crippen molar-refractivity contribution in [3.05, 3.63) is 65.5 Å². The fourth-order valence-electron chi connectivity index (χ4n) is 3.36. The van der Waals surface area contributed by atoms with Gasteiger partial charge in [-0.25, -0.2) is 0 Å². The van der Waals surface area contributed by atoms with Gasteiger partial charge in [-0.1, -0.05) is 35.9 Å². The van der Waals surface area contributed by atoms with Gasteiger partial charge in [0.05, 0.1) is 12.2 Å². The molecule has 1 fully saturated rings.